The van der Waals surface area contributed by atoms with Crippen molar-refractivity contribution in [3.8, 4) is 0 Å². The van der Waals surface area contributed by atoms with Gasteiger partial charge in [-0.25, -0.2) is 27.1 Å². The molecule has 0 saturated carbocycles. The average molecular weight is 643 g/mol. The van der Waals surface area contributed by atoms with Crippen LogP contribution in [0.25, 0.3) is 0 Å². The Morgan fingerprint density at radius 2 is 0.881 bits per heavy atom. The van der Waals surface area contributed by atoms with Crippen LogP contribution < -0.4 is 20.9 Å². The maximum absolute atomic E-state index is 13.0. The van der Waals surface area contributed by atoms with Crippen LogP contribution in [-0.2, 0) is 33.1 Å². The highest BCUT2D eigenvalue weighted by Gasteiger charge is 2.16. The molecular formula is C28H26N4O6S4. The summed E-state index contributed by atoms with van der Waals surface area (Å²) in [7, 11) is -4.94. The predicted octanol–water partition coefficient (Wildman–Crippen LogP) is 3.64. The molecule has 0 aliphatic heterocycles. The normalized spacial score (nSPS) is 11.6. The molecule has 0 aliphatic rings. The average Bonchev–Trinajstić information content (AvgIpc) is 2.97. The topological polar surface area (TPSA) is 179 Å². The summed E-state index contributed by atoms with van der Waals surface area (Å²) in [5, 5.41) is 15.9. The summed E-state index contributed by atoms with van der Waals surface area (Å²) in [5.74, 6) is -0.623. The van der Waals surface area contributed by atoms with Crippen molar-refractivity contribution in [2.24, 2.45) is 10.3 Å². The number of hydrogen-bond acceptors (Lipinski definition) is 8. The van der Waals surface area contributed by atoms with Gasteiger partial charge in [-0.3, -0.25) is 9.59 Å². The summed E-state index contributed by atoms with van der Waals surface area (Å²) >= 11 is 0. The number of nitrogens with one attached hydrogen (secondary N) is 2. The van der Waals surface area contributed by atoms with Gasteiger partial charge in [0.25, 0.3) is 11.8 Å². The first kappa shape index (κ1) is 31.3. The Kier molecular flexibility index (Phi) is 10.1. The second-order valence-corrected chi connectivity index (χ2v) is 14.2. The minimum absolute atomic E-state index is 0.0101. The summed E-state index contributed by atoms with van der Waals surface area (Å²) in [5.41, 5.74) is 2.30. The zero-order valence-corrected chi connectivity index (χ0v) is 25.2. The van der Waals surface area contributed by atoms with Crippen molar-refractivity contribution in [2.75, 3.05) is 0 Å². The summed E-state index contributed by atoms with van der Waals surface area (Å²) in [6, 6.07) is 26.0. The molecule has 0 spiro atoms. The molecule has 0 saturated heterocycles. The van der Waals surface area contributed by atoms with Crippen molar-refractivity contribution in [2.45, 2.75) is 32.7 Å². The van der Waals surface area contributed by atoms with Gasteiger partial charge in [0.1, 0.15) is 0 Å². The smallest absolute Gasteiger partial charge is 0.252 e. The molecule has 0 radical (unpaired) electrons. The number of hydrogen-bond donors (Lipinski definition) is 4. The number of nitrogens with two attached hydrogens (primary N) is 2. The molecule has 0 atom stereocenters. The standard InChI is InChI=1S/C28H26N4O6S4/c29-41(35,36)21-13-9-19(10-14-21)17-31-27(33)23-5-1-3-7-25(23)39-40-26-8-4-2-6-24(26)28(34)32-18-20-11-15-22(16-12-20)42(30,37)38/h1-16H,17-18H2,(H,31,33)(H,32,34)(H2,29,35,36)(H2,30,37,38). The van der Waals surface area contributed by atoms with Crippen LogP contribution in [-0.4, -0.2) is 28.6 Å². The van der Waals surface area contributed by atoms with Crippen LogP contribution in [0.1, 0.15) is 31.8 Å². The Morgan fingerprint density at radius 1 is 0.548 bits per heavy atom. The minimum Gasteiger partial charge on any atom is -0.348 e. The number of sulfonamides is 2. The lowest BCUT2D eigenvalue weighted by Crippen LogP contribution is -2.23. The molecule has 0 heterocycles. The second kappa shape index (κ2) is 13.5. The molecule has 0 unspecified atom stereocenters. The first-order valence-electron chi connectivity index (χ1n) is 12.2. The fourth-order valence-corrected chi connectivity index (χ4v) is 7.08. The maximum atomic E-state index is 13.0. The lowest BCUT2D eigenvalue weighted by atomic mass is 10.2. The third-order valence-corrected chi connectivity index (χ3v) is 10.2. The maximum Gasteiger partial charge on any atom is 0.252 e. The molecule has 6 N–H and O–H groups in total. The molecular weight excluding hydrogens is 617 g/mol. The summed E-state index contributed by atoms with van der Waals surface area (Å²) < 4.78 is 45.8. The molecule has 0 aromatic heterocycles. The molecule has 14 heteroatoms. The van der Waals surface area contributed by atoms with Crippen molar-refractivity contribution in [3.05, 3.63) is 119 Å². The van der Waals surface area contributed by atoms with E-state index in [-0.39, 0.29) is 34.7 Å². The highest BCUT2D eigenvalue weighted by atomic mass is 33.1. The fraction of sp³-hybridized carbons (Fsp3) is 0.0714. The van der Waals surface area contributed by atoms with Crippen molar-refractivity contribution in [3.63, 3.8) is 0 Å². The van der Waals surface area contributed by atoms with E-state index in [2.05, 4.69) is 10.6 Å². The Hall–Kier alpha value is -3.66. The zero-order valence-electron chi connectivity index (χ0n) is 21.9. The first-order valence-corrected chi connectivity index (χ1v) is 17.5. The summed E-state index contributed by atoms with van der Waals surface area (Å²) in [6.07, 6.45) is 0. The monoisotopic (exact) mass is 642 g/mol. The van der Waals surface area contributed by atoms with Crippen LogP contribution in [0, 0.1) is 0 Å². The van der Waals surface area contributed by atoms with E-state index in [0.29, 0.717) is 32.0 Å². The number of rotatable bonds is 11. The molecule has 2 amide bonds. The van der Waals surface area contributed by atoms with Gasteiger partial charge >= 0.3 is 0 Å². The van der Waals surface area contributed by atoms with Gasteiger partial charge in [0.15, 0.2) is 0 Å². The van der Waals surface area contributed by atoms with Gasteiger partial charge in [-0.1, -0.05) is 70.1 Å². The first-order chi connectivity index (χ1) is 19.9. The molecule has 0 bridgehead atoms. The van der Waals surface area contributed by atoms with Crippen LogP contribution in [0.3, 0.4) is 0 Å². The van der Waals surface area contributed by atoms with E-state index in [0.717, 1.165) is 0 Å². The number of benzene rings is 4. The van der Waals surface area contributed by atoms with Gasteiger partial charge in [0.2, 0.25) is 20.0 Å². The quantitative estimate of drug-likeness (QED) is 0.179. The SMILES string of the molecule is NS(=O)(=O)c1ccc(CNC(=O)c2ccccc2SSc2ccccc2C(=O)NCc2ccc(S(N)(=O)=O)cc2)cc1. The Bertz CT molecular complexity index is 1680. The molecule has 42 heavy (non-hydrogen) atoms. The van der Waals surface area contributed by atoms with Crippen LogP contribution in [0.2, 0.25) is 0 Å². The van der Waals surface area contributed by atoms with Gasteiger partial charge in [0, 0.05) is 22.9 Å². The van der Waals surface area contributed by atoms with E-state index in [1.165, 1.54) is 45.9 Å². The van der Waals surface area contributed by atoms with Crippen molar-refractivity contribution >= 4 is 53.4 Å². The lowest BCUT2D eigenvalue weighted by Gasteiger charge is -2.12. The number of carbonyl (C=O) groups excluding carboxylic acids is 2. The van der Waals surface area contributed by atoms with Crippen LogP contribution in [0.5, 0.6) is 0 Å². The van der Waals surface area contributed by atoms with Gasteiger partial charge < -0.3 is 10.6 Å². The minimum atomic E-state index is -3.80. The number of primary sulfonamides is 2. The van der Waals surface area contributed by atoms with Crippen molar-refractivity contribution in [1.82, 2.24) is 10.6 Å². The van der Waals surface area contributed by atoms with Crippen molar-refractivity contribution in [1.29, 1.82) is 0 Å². The van der Waals surface area contributed by atoms with E-state index in [4.69, 9.17) is 10.3 Å². The van der Waals surface area contributed by atoms with Crippen LogP contribution in [0.4, 0.5) is 0 Å². The third-order valence-electron chi connectivity index (χ3n) is 5.89. The summed E-state index contributed by atoms with van der Waals surface area (Å²) in [6.45, 7) is 0.368. The predicted molar refractivity (Wildman–Crippen MR) is 163 cm³/mol. The zero-order chi connectivity index (χ0) is 30.3. The molecule has 0 aliphatic carbocycles. The number of carbonyl (C=O) groups is 2. The molecule has 10 nitrogen and oxygen atoms in total. The Balaban J connectivity index is 1.39. The van der Waals surface area contributed by atoms with E-state index in [1.807, 2.05) is 12.1 Å². The third kappa shape index (κ3) is 8.44. The summed E-state index contributed by atoms with van der Waals surface area (Å²) in [4.78, 5) is 27.3. The molecule has 218 valence electrons. The van der Waals surface area contributed by atoms with Crippen LogP contribution in [0.15, 0.2) is 117 Å². The van der Waals surface area contributed by atoms with E-state index in [1.54, 1.807) is 60.7 Å². The number of amides is 2. The molecule has 4 aromatic rings. The lowest BCUT2D eigenvalue weighted by molar-refractivity contribution is 0.0940. The largest absolute Gasteiger partial charge is 0.348 e. The van der Waals surface area contributed by atoms with E-state index >= 15 is 0 Å². The molecule has 0 fully saturated rings. The van der Waals surface area contributed by atoms with Gasteiger partial charge in [-0.15, -0.1) is 0 Å². The van der Waals surface area contributed by atoms with E-state index < -0.39 is 20.0 Å². The van der Waals surface area contributed by atoms with E-state index in [9.17, 15) is 26.4 Å². The molecule has 4 rings (SSSR count). The highest BCUT2D eigenvalue weighted by molar-refractivity contribution is 8.76. The second-order valence-electron chi connectivity index (χ2n) is 8.90. The fourth-order valence-electron chi connectivity index (χ4n) is 3.69. The van der Waals surface area contributed by atoms with Crippen LogP contribution >= 0.6 is 21.6 Å². The Morgan fingerprint density at radius 3 is 1.21 bits per heavy atom. The van der Waals surface area contributed by atoms with Gasteiger partial charge in [-0.05, 0) is 59.7 Å². The van der Waals surface area contributed by atoms with Gasteiger partial charge in [-0.2, -0.15) is 0 Å². The highest BCUT2D eigenvalue weighted by Crippen LogP contribution is 2.40. The van der Waals surface area contributed by atoms with Gasteiger partial charge in [0.05, 0.1) is 20.9 Å². The Labute approximate surface area is 251 Å². The van der Waals surface area contributed by atoms with Crippen molar-refractivity contribution < 1.29 is 26.4 Å². The molecule has 4 aromatic carbocycles.